The second-order valence-corrected chi connectivity index (χ2v) is 7.84. The first-order chi connectivity index (χ1) is 13.2. The highest BCUT2D eigenvalue weighted by atomic mass is 32.1. The molecule has 6 nitrogen and oxygen atoms in total. The molecule has 1 aliphatic rings. The van der Waals surface area contributed by atoms with Crippen molar-refractivity contribution in [2.75, 3.05) is 5.32 Å². The minimum absolute atomic E-state index is 0.185. The lowest BCUT2D eigenvalue weighted by molar-refractivity contribution is 0.141. The Labute approximate surface area is 162 Å². The lowest BCUT2D eigenvalue weighted by Crippen LogP contribution is -2.31. The van der Waals surface area contributed by atoms with E-state index in [1.165, 1.54) is 0 Å². The fourth-order valence-electron chi connectivity index (χ4n) is 3.33. The number of ether oxygens (including phenoxy) is 1. The summed E-state index contributed by atoms with van der Waals surface area (Å²) in [4.78, 5) is 14.1. The lowest BCUT2D eigenvalue weighted by Gasteiger charge is -2.26. The average molecular weight is 382 g/mol. The Morgan fingerprint density at radius 1 is 1.19 bits per heavy atom. The van der Waals surface area contributed by atoms with E-state index in [0.29, 0.717) is 17.9 Å². The van der Waals surface area contributed by atoms with Gasteiger partial charge in [-0.05, 0) is 55.9 Å². The maximum absolute atomic E-state index is 6.04. The molecule has 0 radical (unpaired) electrons. The van der Waals surface area contributed by atoms with E-state index >= 15 is 0 Å². The predicted molar refractivity (Wildman–Crippen MR) is 108 cm³/mol. The number of hydrogen-bond acceptors (Lipinski definition) is 7. The average Bonchev–Trinajstić information content (AvgIpc) is 3.18. The van der Waals surface area contributed by atoms with Gasteiger partial charge in [0.05, 0.1) is 10.4 Å². The molecule has 0 unspecified atom stereocenters. The Hall–Kier alpha value is -2.51. The second-order valence-electron chi connectivity index (χ2n) is 6.95. The Morgan fingerprint density at radius 3 is 2.81 bits per heavy atom. The van der Waals surface area contributed by atoms with Crippen LogP contribution in [0.25, 0.3) is 10.4 Å². The van der Waals surface area contributed by atoms with Gasteiger partial charge in [-0.25, -0.2) is 4.98 Å². The van der Waals surface area contributed by atoms with Crippen molar-refractivity contribution in [1.29, 1.82) is 0 Å². The van der Waals surface area contributed by atoms with E-state index in [4.69, 9.17) is 10.5 Å². The van der Waals surface area contributed by atoms with Gasteiger partial charge in [-0.15, -0.1) is 11.3 Å². The molecule has 1 fully saturated rings. The van der Waals surface area contributed by atoms with Crippen molar-refractivity contribution in [3.05, 3.63) is 47.7 Å². The van der Waals surface area contributed by atoms with Gasteiger partial charge < -0.3 is 15.8 Å². The third-order valence-corrected chi connectivity index (χ3v) is 5.51. The van der Waals surface area contributed by atoms with E-state index in [1.807, 2.05) is 11.7 Å². The van der Waals surface area contributed by atoms with Gasteiger partial charge in [0, 0.05) is 30.2 Å². The van der Waals surface area contributed by atoms with Gasteiger partial charge in [0.25, 0.3) is 0 Å². The molecule has 0 spiro atoms. The summed E-state index contributed by atoms with van der Waals surface area (Å²) in [5, 5.41) is 3.29. The van der Waals surface area contributed by atoms with Crippen molar-refractivity contribution in [3.8, 4) is 16.3 Å². The van der Waals surface area contributed by atoms with Crippen LogP contribution >= 0.6 is 11.3 Å². The summed E-state index contributed by atoms with van der Waals surface area (Å²) in [7, 11) is 0. The number of anilines is 2. The topological polar surface area (TPSA) is 86.0 Å². The Kier molecular flexibility index (Phi) is 5.31. The standard InChI is InChI=1S/C20H23N5OS/c1-13-8-14(18-11-22-12-27-18)10-16(9-13)24-20-23-7-6-19(25-20)26-17-4-2-15(21)3-5-17/h6-12,15,17H,2-5,21H2,1H3,(H,23,24,25). The van der Waals surface area contributed by atoms with Gasteiger partial charge in [-0.3, -0.25) is 4.98 Å². The molecule has 2 aromatic heterocycles. The molecule has 4 rings (SSSR count). The predicted octanol–water partition coefficient (Wildman–Crippen LogP) is 4.30. The Bertz CT molecular complexity index is 891. The fraction of sp³-hybridized carbons (Fsp3) is 0.350. The summed E-state index contributed by atoms with van der Waals surface area (Å²) < 4.78 is 6.04. The molecule has 140 valence electrons. The van der Waals surface area contributed by atoms with Crippen molar-refractivity contribution >= 4 is 23.0 Å². The zero-order valence-corrected chi connectivity index (χ0v) is 16.1. The molecular weight excluding hydrogens is 358 g/mol. The van der Waals surface area contributed by atoms with Gasteiger partial charge in [-0.1, -0.05) is 6.07 Å². The monoisotopic (exact) mass is 381 g/mol. The summed E-state index contributed by atoms with van der Waals surface area (Å²) in [5.74, 6) is 1.13. The summed E-state index contributed by atoms with van der Waals surface area (Å²) in [5.41, 5.74) is 11.0. The first kappa shape index (κ1) is 17.9. The van der Waals surface area contributed by atoms with Crippen LogP contribution in [0, 0.1) is 6.92 Å². The van der Waals surface area contributed by atoms with Crippen LogP contribution in [-0.2, 0) is 0 Å². The van der Waals surface area contributed by atoms with Crippen molar-refractivity contribution in [2.24, 2.45) is 5.73 Å². The summed E-state index contributed by atoms with van der Waals surface area (Å²) in [6.07, 6.45) is 7.75. The number of thiazole rings is 1. The molecule has 1 aliphatic carbocycles. The van der Waals surface area contributed by atoms with Crippen LogP contribution in [0.3, 0.4) is 0 Å². The SMILES string of the molecule is Cc1cc(Nc2nccc(OC3CCC(N)CC3)n2)cc(-c2cncs2)c1. The quantitative estimate of drug-likeness (QED) is 0.685. The van der Waals surface area contributed by atoms with E-state index in [9.17, 15) is 0 Å². The molecule has 0 amide bonds. The number of nitrogens with one attached hydrogen (secondary N) is 1. The van der Waals surface area contributed by atoms with Crippen molar-refractivity contribution in [1.82, 2.24) is 15.0 Å². The normalized spacial score (nSPS) is 19.6. The van der Waals surface area contributed by atoms with E-state index in [2.05, 4.69) is 45.4 Å². The largest absolute Gasteiger partial charge is 0.474 e. The lowest BCUT2D eigenvalue weighted by atomic mass is 9.94. The van der Waals surface area contributed by atoms with Gasteiger partial charge >= 0.3 is 0 Å². The molecule has 0 bridgehead atoms. The van der Waals surface area contributed by atoms with Crippen LogP contribution in [0.4, 0.5) is 11.6 Å². The third-order valence-electron chi connectivity index (χ3n) is 4.69. The van der Waals surface area contributed by atoms with E-state index < -0.39 is 0 Å². The Morgan fingerprint density at radius 2 is 2.04 bits per heavy atom. The smallest absolute Gasteiger partial charge is 0.230 e. The second kappa shape index (κ2) is 8.02. The summed E-state index contributed by atoms with van der Waals surface area (Å²) in [6, 6.07) is 8.41. The van der Waals surface area contributed by atoms with E-state index in [1.54, 1.807) is 23.6 Å². The fourth-order valence-corrected chi connectivity index (χ4v) is 3.94. The van der Waals surface area contributed by atoms with Gasteiger partial charge in [-0.2, -0.15) is 4.98 Å². The highest BCUT2D eigenvalue weighted by molar-refractivity contribution is 7.13. The number of aromatic nitrogens is 3. The van der Waals surface area contributed by atoms with Crippen LogP contribution in [0.2, 0.25) is 0 Å². The van der Waals surface area contributed by atoms with E-state index in [-0.39, 0.29) is 6.10 Å². The molecule has 2 heterocycles. The third kappa shape index (κ3) is 4.61. The maximum atomic E-state index is 6.04. The molecule has 1 saturated carbocycles. The van der Waals surface area contributed by atoms with E-state index in [0.717, 1.165) is 47.4 Å². The zero-order chi connectivity index (χ0) is 18.6. The molecule has 0 saturated heterocycles. The van der Waals surface area contributed by atoms with Crippen LogP contribution in [0.1, 0.15) is 31.2 Å². The molecule has 3 aromatic rings. The number of hydrogen-bond donors (Lipinski definition) is 2. The summed E-state index contributed by atoms with van der Waals surface area (Å²) >= 11 is 1.62. The number of rotatable bonds is 5. The van der Waals surface area contributed by atoms with Gasteiger partial charge in [0.2, 0.25) is 11.8 Å². The number of nitrogens with two attached hydrogens (primary N) is 1. The van der Waals surface area contributed by atoms with Crippen molar-refractivity contribution < 1.29 is 4.74 Å². The molecule has 1 aromatic carbocycles. The molecular formula is C20H23N5OS. The van der Waals surface area contributed by atoms with Crippen LogP contribution in [-0.4, -0.2) is 27.1 Å². The highest BCUT2D eigenvalue weighted by Crippen LogP contribution is 2.29. The maximum Gasteiger partial charge on any atom is 0.230 e. The van der Waals surface area contributed by atoms with Crippen LogP contribution in [0.5, 0.6) is 5.88 Å². The molecule has 7 heteroatoms. The first-order valence-electron chi connectivity index (χ1n) is 9.18. The zero-order valence-electron chi connectivity index (χ0n) is 15.3. The van der Waals surface area contributed by atoms with Crippen LogP contribution < -0.4 is 15.8 Å². The molecule has 0 aliphatic heterocycles. The van der Waals surface area contributed by atoms with Gasteiger partial charge in [0.15, 0.2) is 0 Å². The summed E-state index contributed by atoms with van der Waals surface area (Å²) in [6.45, 7) is 2.07. The number of benzene rings is 1. The molecule has 0 atom stereocenters. The minimum atomic E-state index is 0.185. The first-order valence-corrected chi connectivity index (χ1v) is 10.1. The minimum Gasteiger partial charge on any atom is -0.474 e. The molecule has 3 N–H and O–H groups in total. The number of nitrogens with zero attached hydrogens (tertiary/aromatic N) is 3. The highest BCUT2D eigenvalue weighted by Gasteiger charge is 2.20. The molecule has 27 heavy (non-hydrogen) atoms. The van der Waals surface area contributed by atoms with Gasteiger partial charge in [0.1, 0.15) is 6.10 Å². The van der Waals surface area contributed by atoms with Crippen molar-refractivity contribution in [2.45, 2.75) is 44.8 Å². The Balaban J connectivity index is 1.48. The van der Waals surface area contributed by atoms with Crippen LogP contribution in [0.15, 0.2) is 42.2 Å². The number of aryl methyl sites for hydroxylation is 1. The van der Waals surface area contributed by atoms with Crippen molar-refractivity contribution in [3.63, 3.8) is 0 Å².